The molecule has 86 valence electrons. The Morgan fingerprint density at radius 1 is 1.62 bits per heavy atom. The van der Waals surface area contributed by atoms with Crippen LogP contribution in [0.15, 0.2) is 21.8 Å². The van der Waals surface area contributed by atoms with Gasteiger partial charge in [-0.25, -0.2) is 0 Å². The number of aromatic nitrogens is 1. The van der Waals surface area contributed by atoms with Gasteiger partial charge in [-0.3, -0.25) is 0 Å². The van der Waals surface area contributed by atoms with E-state index in [1.54, 1.807) is 6.92 Å². The Kier molecular flexibility index (Phi) is 3.05. The topological polar surface area (TPSA) is 61.9 Å². The van der Waals surface area contributed by atoms with E-state index in [1.807, 2.05) is 6.07 Å². The highest BCUT2D eigenvalue weighted by Gasteiger charge is 2.14. The number of likely N-dealkylation sites (N-methyl/N-ethyl adjacent to an activating group) is 1. The van der Waals surface area contributed by atoms with Crippen molar-refractivity contribution in [2.45, 2.75) is 13.3 Å². The van der Waals surface area contributed by atoms with Crippen molar-refractivity contribution < 1.29 is 9.73 Å². The van der Waals surface area contributed by atoms with Crippen LogP contribution in [0.5, 0.6) is 0 Å². The summed E-state index contributed by atoms with van der Waals surface area (Å²) in [5, 5.41) is 15.7. The summed E-state index contributed by atoms with van der Waals surface area (Å²) in [6.45, 7) is 3.64. The number of hydrogen-bond acceptors (Lipinski definition) is 5. The van der Waals surface area contributed by atoms with Crippen molar-refractivity contribution in [1.82, 2.24) is 10.1 Å². The maximum Gasteiger partial charge on any atom is 0.184 e. The number of rotatable bonds is 2. The molecule has 0 saturated carbocycles. The van der Waals surface area contributed by atoms with Crippen molar-refractivity contribution in [1.29, 1.82) is 0 Å². The fourth-order valence-corrected chi connectivity index (χ4v) is 1.65. The summed E-state index contributed by atoms with van der Waals surface area (Å²) in [6, 6.07) is 1.81. The van der Waals surface area contributed by atoms with Gasteiger partial charge in [0.25, 0.3) is 0 Å². The van der Waals surface area contributed by atoms with E-state index in [-0.39, 0.29) is 0 Å². The van der Waals surface area contributed by atoms with Crippen LogP contribution in [0, 0.1) is 0 Å². The highest BCUT2D eigenvalue weighted by molar-refractivity contribution is 5.96. The molecule has 0 bridgehead atoms. The highest BCUT2D eigenvalue weighted by Crippen LogP contribution is 2.21. The Morgan fingerprint density at radius 3 is 3.06 bits per heavy atom. The molecule has 0 radical (unpaired) electrons. The summed E-state index contributed by atoms with van der Waals surface area (Å²) in [4.78, 5) is 2.24. The van der Waals surface area contributed by atoms with E-state index in [1.165, 1.54) is 5.57 Å². The van der Waals surface area contributed by atoms with Crippen molar-refractivity contribution in [2.24, 2.45) is 5.16 Å². The second-order valence-corrected chi connectivity index (χ2v) is 4.00. The minimum absolute atomic E-state index is 0.437. The van der Waals surface area contributed by atoms with Gasteiger partial charge in [0.2, 0.25) is 0 Å². The Hall–Kier alpha value is -1.62. The molecule has 1 N–H and O–H groups in total. The maximum atomic E-state index is 8.62. The summed E-state index contributed by atoms with van der Waals surface area (Å²) in [5.74, 6) is 0.511. The minimum atomic E-state index is 0.437. The van der Waals surface area contributed by atoms with Gasteiger partial charge in [-0.2, -0.15) is 0 Å². The normalized spacial score (nSPS) is 18.6. The van der Waals surface area contributed by atoms with E-state index in [9.17, 15) is 0 Å². The van der Waals surface area contributed by atoms with Crippen LogP contribution in [0.3, 0.4) is 0 Å². The fourth-order valence-electron chi connectivity index (χ4n) is 1.65. The van der Waals surface area contributed by atoms with E-state index < -0.39 is 0 Å². The molecular formula is C11H15N3O2. The maximum absolute atomic E-state index is 8.62. The molecule has 0 amide bonds. The van der Waals surface area contributed by atoms with Crippen molar-refractivity contribution in [3.63, 3.8) is 0 Å². The minimum Gasteiger partial charge on any atom is -0.411 e. The Labute approximate surface area is 94.0 Å². The molecule has 1 aromatic rings. The van der Waals surface area contributed by atoms with Crippen LogP contribution in [-0.4, -0.2) is 41.1 Å². The zero-order chi connectivity index (χ0) is 11.5. The summed E-state index contributed by atoms with van der Waals surface area (Å²) >= 11 is 0. The molecule has 0 fully saturated rings. The molecule has 5 heteroatoms. The van der Waals surface area contributed by atoms with Crippen molar-refractivity contribution in [2.75, 3.05) is 20.1 Å². The van der Waals surface area contributed by atoms with Gasteiger partial charge in [-0.05, 0) is 26.0 Å². The third-order valence-corrected chi connectivity index (χ3v) is 2.76. The lowest BCUT2D eigenvalue weighted by Crippen LogP contribution is -2.23. The zero-order valence-electron chi connectivity index (χ0n) is 9.47. The van der Waals surface area contributed by atoms with Gasteiger partial charge in [0.15, 0.2) is 5.76 Å². The quantitative estimate of drug-likeness (QED) is 0.468. The van der Waals surface area contributed by atoms with Crippen LogP contribution in [0.2, 0.25) is 0 Å². The molecule has 0 atom stereocenters. The standard InChI is InChI=1S/C11H15N3O2/c1-8(12-15)11-7-10(13-16-11)9-3-5-14(2)6-4-9/h3,7,15H,4-6H2,1-2H3. The predicted molar refractivity (Wildman–Crippen MR) is 60.6 cm³/mol. The second-order valence-electron chi connectivity index (χ2n) is 4.00. The van der Waals surface area contributed by atoms with E-state index in [2.05, 4.69) is 28.3 Å². The van der Waals surface area contributed by atoms with Crippen molar-refractivity contribution in [3.8, 4) is 0 Å². The number of nitrogens with zero attached hydrogens (tertiary/aromatic N) is 3. The van der Waals surface area contributed by atoms with Crippen LogP contribution in [-0.2, 0) is 0 Å². The molecule has 1 aromatic heterocycles. The third kappa shape index (κ3) is 2.14. The Morgan fingerprint density at radius 2 is 2.44 bits per heavy atom. The average Bonchev–Trinajstić information content (AvgIpc) is 2.78. The molecule has 0 spiro atoms. The third-order valence-electron chi connectivity index (χ3n) is 2.76. The highest BCUT2D eigenvalue weighted by atomic mass is 16.5. The van der Waals surface area contributed by atoms with Gasteiger partial charge in [-0.15, -0.1) is 0 Å². The number of hydrogen-bond donors (Lipinski definition) is 1. The molecule has 1 aliphatic heterocycles. The van der Waals surface area contributed by atoms with E-state index in [0.29, 0.717) is 11.5 Å². The molecule has 1 aliphatic rings. The molecular weight excluding hydrogens is 206 g/mol. The molecule has 16 heavy (non-hydrogen) atoms. The Bertz CT molecular complexity index is 434. The lowest BCUT2D eigenvalue weighted by Gasteiger charge is -2.20. The molecule has 0 saturated heterocycles. The first-order valence-corrected chi connectivity index (χ1v) is 5.24. The smallest absolute Gasteiger partial charge is 0.184 e. The van der Waals surface area contributed by atoms with Crippen molar-refractivity contribution >= 4 is 11.3 Å². The van der Waals surface area contributed by atoms with Gasteiger partial charge >= 0.3 is 0 Å². The first-order valence-electron chi connectivity index (χ1n) is 5.24. The summed E-state index contributed by atoms with van der Waals surface area (Å²) in [7, 11) is 2.09. The summed E-state index contributed by atoms with van der Waals surface area (Å²) < 4.78 is 5.10. The van der Waals surface area contributed by atoms with E-state index in [4.69, 9.17) is 9.73 Å². The summed E-state index contributed by atoms with van der Waals surface area (Å²) in [5.41, 5.74) is 2.47. The molecule has 0 unspecified atom stereocenters. The van der Waals surface area contributed by atoms with Gasteiger partial charge < -0.3 is 14.6 Å². The molecule has 0 aliphatic carbocycles. The molecule has 2 heterocycles. The lowest BCUT2D eigenvalue weighted by molar-refractivity contribution is 0.316. The SMILES string of the molecule is CC(=NO)c1cc(C2=CCN(C)CC2)no1. The first-order chi connectivity index (χ1) is 7.70. The van der Waals surface area contributed by atoms with E-state index >= 15 is 0 Å². The lowest BCUT2D eigenvalue weighted by atomic mass is 10.0. The average molecular weight is 221 g/mol. The van der Waals surface area contributed by atoms with Gasteiger partial charge in [0.1, 0.15) is 11.4 Å². The van der Waals surface area contributed by atoms with Gasteiger partial charge in [0.05, 0.1) is 0 Å². The van der Waals surface area contributed by atoms with Crippen LogP contribution < -0.4 is 0 Å². The largest absolute Gasteiger partial charge is 0.411 e. The molecule has 5 nitrogen and oxygen atoms in total. The van der Waals surface area contributed by atoms with Gasteiger partial charge in [0, 0.05) is 19.2 Å². The van der Waals surface area contributed by atoms with Crippen LogP contribution in [0.4, 0.5) is 0 Å². The van der Waals surface area contributed by atoms with Crippen LogP contribution in [0.1, 0.15) is 24.8 Å². The van der Waals surface area contributed by atoms with Crippen LogP contribution >= 0.6 is 0 Å². The van der Waals surface area contributed by atoms with Crippen LogP contribution in [0.25, 0.3) is 5.57 Å². The first kappa shape index (κ1) is 10.9. The number of oxime groups is 1. The summed E-state index contributed by atoms with van der Waals surface area (Å²) in [6.07, 6.45) is 3.12. The van der Waals surface area contributed by atoms with Gasteiger partial charge in [-0.1, -0.05) is 16.4 Å². The zero-order valence-corrected chi connectivity index (χ0v) is 9.47. The molecule has 2 rings (SSSR count). The van der Waals surface area contributed by atoms with E-state index in [0.717, 1.165) is 25.2 Å². The second kappa shape index (κ2) is 4.49. The van der Waals surface area contributed by atoms with Crippen molar-refractivity contribution in [3.05, 3.63) is 23.6 Å². The Balaban J connectivity index is 2.19. The monoisotopic (exact) mass is 221 g/mol. The fraction of sp³-hybridized carbons (Fsp3) is 0.455. The molecule has 0 aromatic carbocycles. The predicted octanol–water partition coefficient (Wildman–Crippen LogP) is 1.59.